The summed E-state index contributed by atoms with van der Waals surface area (Å²) in [7, 11) is 0. The van der Waals surface area contributed by atoms with E-state index in [9.17, 15) is 22.8 Å². The van der Waals surface area contributed by atoms with E-state index in [1.807, 2.05) is 24.3 Å². The Morgan fingerprint density at radius 3 is 2.79 bits per heavy atom. The van der Waals surface area contributed by atoms with Gasteiger partial charge in [-0.05, 0) is 31.4 Å². The first kappa shape index (κ1) is 19.2. The van der Waals surface area contributed by atoms with Crippen LogP contribution < -0.4 is 0 Å². The first-order valence-corrected chi connectivity index (χ1v) is 10.1. The minimum atomic E-state index is -4.46. The second-order valence-electron chi connectivity index (χ2n) is 7.35. The van der Waals surface area contributed by atoms with Gasteiger partial charge < -0.3 is 9.80 Å². The van der Waals surface area contributed by atoms with Gasteiger partial charge in [0.05, 0.1) is 22.2 Å². The number of hydrogen-bond acceptors (Lipinski definition) is 4. The van der Waals surface area contributed by atoms with Crippen molar-refractivity contribution >= 4 is 33.4 Å². The molecule has 1 aromatic carbocycles. The van der Waals surface area contributed by atoms with Gasteiger partial charge in [-0.1, -0.05) is 12.1 Å². The molecule has 2 amide bonds. The molecule has 0 N–H and O–H groups in total. The Hall–Kier alpha value is -2.16. The highest BCUT2D eigenvalue weighted by atomic mass is 32.1. The zero-order chi connectivity index (χ0) is 19.9. The van der Waals surface area contributed by atoms with E-state index in [2.05, 4.69) is 4.98 Å². The fourth-order valence-electron chi connectivity index (χ4n) is 4.03. The van der Waals surface area contributed by atoms with Gasteiger partial charge in [0.1, 0.15) is 11.6 Å². The van der Waals surface area contributed by atoms with Crippen molar-refractivity contribution in [3.63, 3.8) is 0 Å². The standard InChI is InChI=1S/C19H20F3N3O2S/c20-19(21,22)11-24-10-12(9-16(24)26)18(27)25-8-4-3-6-14(25)17-23-13-5-1-2-7-15(13)28-17/h1-2,5,7,12,14H,3-4,6,8-11H2. The molecule has 1 aromatic heterocycles. The fraction of sp³-hybridized carbons (Fsp3) is 0.526. The summed E-state index contributed by atoms with van der Waals surface area (Å²) < 4.78 is 39.0. The average molecular weight is 411 g/mol. The molecule has 0 saturated carbocycles. The predicted octanol–water partition coefficient (Wildman–Crippen LogP) is 3.76. The number of hydrogen-bond donors (Lipinski definition) is 0. The second-order valence-corrected chi connectivity index (χ2v) is 8.42. The Bertz CT molecular complexity index is 865. The normalized spacial score (nSPS) is 23.6. The number of likely N-dealkylation sites (tertiary alicyclic amines) is 2. The lowest BCUT2D eigenvalue weighted by Gasteiger charge is -2.36. The lowest BCUT2D eigenvalue weighted by atomic mass is 9.99. The van der Waals surface area contributed by atoms with E-state index in [-0.39, 0.29) is 24.9 Å². The number of piperidine rings is 1. The van der Waals surface area contributed by atoms with Gasteiger partial charge in [0.25, 0.3) is 0 Å². The molecule has 9 heteroatoms. The molecule has 2 aliphatic heterocycles. The smallest absolute Gasteiger partial charge is 0.333 e. The van der Waals surface area contributed by atoms with Crippen LogP contribution in [0.4, 0.5) is 13.2 Å². The maximum Gasteiger partial charge on any atom is 0.406 e. The third kappa shape index (κ3) is 3.85. The van der Waals surface area contributed by atoms with Crippen LogP contribution in [0.3, 0.4) is 0 Å². The van der Waals surface area contributed by atoms with E-state index in [0.29, 0.717) is 6.54 Å². The Kier molecular flexibility index (Phi) is 5.03. The zero-order valence-corrected chi connectivity index (χ0v) is 15.9. The lowest BCUT2D eigenvalue weighted by Crippen LogP contribution is -2.43. The molecule has 2 unspecified atom stereocenters. The highest BCUT2D eigenvalue weighted by molar-refractivity contribution is 7.18. The third-order valence-electron chi connectivity index (χ3n) is 5.32. The van der Waals surface area contributed by atoms with Gasteiger partial charge in [-0.25, -0.2) is 4.98 Å². The van der Waals surface area contributed by atoms with Gasteiger partial charge in [0.2, 0.25) is 11.8 Å². The highest BCUT2D eigenvalue weighted by Gasteiger charge is 2.43. The van der Waals surface area contributed by atoms with Crippen molar-refractivity contribution in [2.75, 3.05) is 19.6 Å². The molecule has 2 atom stereocenters. The van der Waals surface area contributed by atoms with Crippen LogP contribution >= 0.6 is 11.3 Å². The number of benzene rings is 1. The third-order valence-corrected chi connectivity index (χ3v) is 6.45. The van der Waals surface area contributed by atoms with Crippen molar-refractivity contribution in [3.8, 4) is 0 Å². The number of para-hydroxylation sites is 1. The molecule has 2 aromatic rings. The maximum atomic E-state index is 13.1. The molecular weight excluding hydrogens is 391 g/mol. The summed E-state index contributed by atoms with van der Waals surface area (Å²) in [6.07, 6.45) is -2.02. The monoisotopic (exact) mass is 411 g/mol. The van der Waals surface area contributed by atoms with Crippen LogP contribution in [0.2, 0.25) is 0 Å². The Morgan fingerprint density at radius 1 is 1.25 bits per heavy atom. The average Bonchev–Trinajstić information content (AvgIpc) is 3.23. The van der Waals surface area contributed by atoms with Crippen molar-refractivity contribution in [2.45, 2.75) is 37.9 Å². The van der Waals surface area contributed by atoms with Crippen molar-refractivity contribution < 1.29 is 22.8 Å². The number of rotatable bonds is 3. The summed E-state index contributed by atoms with van der Waals surface area (Å²) >= 11 is 1.55. The Balaban J connectivity index is 1.53. The van der Waals surface area contributed by atoms with E-state index in [1.54, 1.807) is 16.2 Å². The summed E-state index contributed by atoms with van der Waals surface area (Å²) in [5.41, 5.74) is 0.882. The summed E-state index contributed by atoms with van der Waals surface area (Å²) in [5.74, 6) is -1.56. The first-order valence-electron chi connectivity index (χ1n) is 9.32. The van der Waals surface area contributed by atoms with Crippen molar-refractivity contribution in [1.82, 2.24) is 14.8 Å². The molecule has 0 aliphatic carbocycles. The zero-order valence-electron chi connectivity index (χ0n) is 15.1. The van der Waals surface area contributed by atoms with Crippen molar-refractivity contribution in [3.05, 3.63) is 29.3 Å². The van der Waals surface area contributed by atoms with Gasteiger partial charge in [-0.2, -0.15) is 13.2 Å². The molecule has 0 bridgehead atoms. The van der Waals surface area contributed by atoms with Crippen molar-refractivity contribution in [2.24, 2.45) is 5.92 Å². The second kappa shape index (κ2) is 7.35. The van der Waals surface area contributed by atoms with Crippen LogP contribution in [0, 0.1) is 5.92 Å². The summed E-state index contributed by atoms with van der Waals surface area (Å²) in [6, 6.07) is 7.58. The van der Waals surface area contributed by atoms with Gasteiger partial charge in [-0.15, -0.1) is 11.3 Å². The van der Waals surface area contributed by atoms with Crippen LogP contribution in [0.1, 0.15) is 36.7 Å². The molecule has 2 aliphatic rings. The lowest BCUT2D eigenvalue weighted by molar-refractivity contribution is -0.157. The molecule has 0 spiro atoms. The minimum Gasteiger partial charge on any atom is -0.333 e. The van der Waals surface area contributed by atoms with E-state index >= 15 is 0 Å². The molecule has 2 fully saturated rings. The van der Waals surface area contributed by atoms with E-state index in [1.165, 1.54) is 0 Å². The Labute approximate surface area is 164 Å². The van der Waals surface area contributed by atoms with Gasteiger partial charge in [-0.3, -0.25) is 9.59 Å². The molecule has 0 radical (unpaired) electrons. The molecular formula is C19H20F3N3O2S. The molecule has 3 heterocycles. The SMILES string of the molecule is O=C1CC(C(=O)N2CCCCC2c2nc3ccccc3s2)CN1CC(F)(F)F. The molecule has 2 saturated heterocycles. The van der Waals surface area contributed by atoms with E-state index in [4.69, 9.17) is 0 Å². The number of halogens is 3. The summed E-state index contributed by atoms with van der Waals surface area (Å²) in [4.78, 5) is 32.2. The van der Waals surface area contributed by atoms with Crippen molar-refractivity contribution in [1.29, 1.82) is 0 Å². The number of thiazole rings is 1. The largest absolute Gasteiger partial charge is 0.406 e. The molecule has 5 nitrogen and oxygen atoms in total. The van der Waals surface area contributed by atoms with Crippen LogP contribution in [-0.4, -0.2) is 52.4 Å². The number of aromatic nitrogens is 1. The predicted molar refractivity (Wildman–Crippen MR) is 98.7 cm³/mol. The van der Waals surface area contributed by atoms with Crippen LogP contribution in [0.5, 0.6) is 0 Å². The Morgan fingerprint density at radius 2 is 2.04 bits per heavy atom. The van der Waals surface area contributed by atoms with E-state index < -0.39 is 24.5 Å². The highest BCUT2D eigenvalue weighted by Crippen LogP contribution is 2.37. The van der Waals surface area contributed by atoms with E-state index in [0.717, 1.165) is 39.4 Å². The number of fused-ring (bicyclic) bond motifs is 1. The number of carbonyl (C=O) groups excluding carboxylic acids is 2. The molecule has 150 valence electrons. The van der Waals surface area contributed by atoms with Gasteiger partial charge in [0, 0.05) is 19.5 Å². The topological polar surface area (TPSA) is 53.5 Å². The van der Waals surface area contributed by atoms with Crippen LogP contribution in [0.15, 0.2) is 24.3 Å². The van der Waals surface area contributed by atoms with Crippen LogP contribution in [-0.2, 0) is 9.59 Å². The number of alkyl halides is 3. The fourth-order valence-corrected chi connectivity index (χ4v) is 5.14. The quantitative estimate of drug-likeness (QED) is 0.773. The molecule has 4 rings (SSSR count). The van der Waals surface area contributed by atoms with Crippen LogP contribution in [0.25, 0.3) is 10.2 Å². The number of amides is 2. The summed E-state index contributed by atoms with van der Waals surface area (Å²) in [5, 5.41) is 0.853. The maximum absolute atomic E-state index is 13.1. The minimum absolute atomic E-state index is 0.155. The first-order chi connectivity index (χ1) is 13.3. The summed E-state index contributed by atoms with van der Waals surface area (Å²) in [6.45, 7) is -0.916. The number of carbonyl (C=O) groups is 2. The number of nitrogens with zero attached hydrogens (tertiary/aromatic N) is 3. The van der Waals surface area contributed by atoms with Gasteiger partial charge in [0.15, 0.2) is 0 Å². The molecule has 28 heavy (non-hydrogen) atoms. The van der Waals surface area contributed by atoms with Gasteiger partial charge >= 0.3 is 6.18 Å².